The molecule has 0 aromatic carbocycles. The quantitative estimate of drug-likeness (QED) is 0.221. The van der Waals surface area contributed by atoms with Crippen LogP contribution in [0.2, 0.25) is 12.1 Å². The third-order valence-electron chi connectivity index (χ3n) is 4.38. The average Bonchev–Trinajstić information content (AvgIpc) is 2.52. The number of carbonyl (C=O) groups excluding carboxylic acids is 1. The molecule has 0 aliphatic rings. The second-order valence-electron chi connectivity index (χ2n) is 7.09. The molecule has 144 valence electrons. The van der Waals surface area contributed by atoms with Crippen LogP contribution in [-0.2, 0) is 9.22 Å². The second-order valence-corrected chi connectivity index (χ2v) is 11.3. The maximum Gasteiger partial charge on any atom is 0.189 e. The molecule has 0 aromatic rings. The van der Waals surface area contributed by atoms with E-state index in [-0.39, 0.29) is 0 Å². The lowest BCUT2D eigenvalue weighted by Crippen LogP contribution is -2.28. The molecule has 0 spiro atoms. The summed E-state index contributed by atoms with van der Waals surface area (Å²) >= 11 is 1.56. The Bertz CT molecular complexity index is 293. The molecule has 0 radical (unpaired) electrons. The van der Waals surface area contributed by atoms with Gasteiger partial charge in [0.1, 0.15) is 0 Å². The highest BCUT2D eigenvalue weighted by Crippen LogP contribution is 2.24. The van der Waals surface area contributed by atoms with Gasteiger partial charge in [-0.3, -0.25) is 4.79 Å². The summed E-state index contributed by atoms with van der Waals surface area (Å²) in [5.74, 6) is 0. The van der Waals surface area contributed by atoms with E-state index in [1.54, 1.807) is 11.8 Å². The predicted molar refractivity (Wildman–Crippen MR) is 113 cm³/mol. The van der Waals surface area contributed by atoms with Crippen LogP contribution in [0.5, 0.6) is 0 Å². The van der Waals surface area contributed by atoms with Crippen LogP contribution in [0.15, 0.2) is 0 Å². The number of unbranched alkanes of at least 4 members (excludes halogenated alkanes) is 3. The van der Waals surface area contributed by atoms with Crippen molar-refractivity contribution in [2.24, 2.45) is 0 Å². The largest absolute Gasteiger partial charge is 0.417 e. The molecule has 0 bridgehead atoms. The van der Waals surface area contributed by atoms with Crippen molar-refractivity contribution in [3.8, 4) is 0 Å². The first-order valence-electron chi connectivity index (χ1n) is 10.4. The van der Waals surface area contributed by atoms with Crippen LogP contribution in [0.3, 0.4) is 0 Å². The zero-order valence-electron chi connectivity index (χ0n) is 16.9. The first-order chi connectivity index (χ1) is 11.6. The minimum atomic E-state index is -1.04. The smallest absolute Gasteiger partial charge is 0.189 e. The molecule has 4 heteroatoms. The van der Waals surface area contributed by atoms with Gasteiger partial charge in [-0.15, -0.1) is 0 Å². The molecule has 0 saturated carbocycles. The number of carbonyl (C=O) groups is 1. The van der Waals surface area contributed by atoms with Crippen molar-refractivity contribution >= 4 is 25.9 Å². The average molecular weight is 375 g/mol. The Labute approximate surface area is 157 Å². The van der Waals surface area contributed by atoms with E-state index < -0.39 is 9.04 Å². The van der Waals surface area contributed by atoms with Crippen molar-refractivity contribution in [3.05, 3.63) is 0 Å². The fourth-order valence-corrected chi connectivity index (χ4v) is 6.82. The lowest BCUT2D eigenvalue weighted by molar-refractivity contribution is -0.111. The summed E-state index contributed by atoms with van der Waals surface area (Å²) < 4.78 is 6.55. The Morgan fingerprint density at radius 3 is 2.17 bits per heavy atom. The van der Waals surface area contributed by atoms with Crippen LogP contribution < -0.4 is 0 Å². The monoisotopic (exact) mass is 374 g/mol. The summed E-state index contributed by atoms with van der Waals surface area (Å²) in [5.41, 5.74) is 0. The van der Waals surface area contributed by atoms with Crippen LogP contribution in [0, 0.1) is 0 Å². The number of hydrogen-bond acceptors (Lipinski definition) is 3. The van der Waals surface area contributed by atoms with Crippen LogP contribution in [0.1, 0.15) is 98.8 Å². The molecule has 0 aliphatic carbocycles. The van der Waals surface area contributed by atoms with Gasteiger partial charge in [-0.1, -0.05) is 84.9 Å². The molecule has 0 rings (SSSR count). The van der Waals surface area contributed by atoms with Gasteiger partial charge in [0.15, 0.2) is 14.2 Å². The normalized spacial score (nSPS) is 14.1. The van der Waals surface area contributed by atoms with E-state index in [0.717, 1.165) is 25.7 Å². The number of thioether (sulfide) groups is 1. The first kappa shape index (κ1) is 24.2. The summed E-state index contributed by atoms with van der Waals surface area (Å²) in [7, 11) is -1.04. The Kier molecular flexibility index (Phi) is 16.8. The van der Waals surface area contributed by atoms with Crippen LogP contribution >= 0.6 is 11.8 Å². The molecule has 2 nitrogen and oxygen atoms in total. The second kappa shape index (κ2) is 16.7. The van der Waals surface area contributed by atoms with Gasteiger partial charge in [0, 0.05) is 17.8 Å². The highest BCUT2D eigenvalue weighted by molar-refractivity contribution is 8.14. The SMILES string of the molecule is CCCCCCC(=O)SC(C)CC(CCC)O[SiH](CCC)CCC. The Morgan fingerprint density at radius 1 is 0.958 bits per heavy atom. The van der Waals surface area contributed by atoms with Crippen molar-refractivity contribution in [2.75, 3.05) is 0 Å². The lowest BCUT2D eigenvalue weighted by Gasteiger charge is -2.26. The molecule has 0 saturated heterocycles. The Balaban J connectivity index is 4.24. The fraction of sp³-hybridized carbons (Fsp3) is 0.950. The zero-order valence-corrected chi connectivity index (χ0v) is 18.9. The van der Waals surface area contributed by atoms with Crippen molar-refractivity contribution in [1.29, 1.82) is 0 Å². The van der Waals surface area contributed by atoms with Crippen molar-refractivity contribution in [1.82, 2.24) is 0 Å². The van der Waals surface area contributed by atoms with E-state index >= 15 is 0 Å². The Hall–Kier alpha value is 0.197. The van der Waals surface area contributed by atoms with Crippen LogP contribution in [0.25, 0.3) is 0 Å². The number of rotatable bonds is 16. The standard InChI is InChI=1S/C20H42O2SSi/c1-6-10-11-12-14-20(21)23-18(5)17-19(13-7-2)22-24(15-8-3)16-9-4/h18-19,24H,6-17H2,1-5H3. The van der Waals surface area contributed by atoms with Gasteiger partial charge >= 0.3 is 0 Å². The molecule has 0 aromatic heterocycles. The third kappa shape index (κ3) is 13.5. The summed E-state index contributed by atoms with van der Waals surface area (Å²) in [5, 5.41) is 0.767. The minimum Gasteiger partial charge on any atom is -0.417 e. The van der Waals surface area contributed by atoms with E-state index in [1.165, 1.54) is 50.6 Å². The molecule has 0 heterocycles. The summed E-state index contributed by atoms with van der Waals surface area (Å²) in [6.07, 6.45) is 11.7. The first-order valence-corrected chi connectivity index (χ1v) is 13.4. The van der Waals surface area contributed by atoms with Gasteiger partial charge in [0.05, 0.1) is 0 Å². The summed E-state index contributed by atoms with van der Waals surface area (Å²) in [6.45, 7) is 11.2. The molecule has 2 unspecified atom stereocenters. The highest BCUT2D eigenvalue weighted by atomic mass is 32.2. The van der Waals surface area contributed by atoms with E-state index in [9.17, 15) is 4.79 Å². The maximum absolute atomic E-state index is 12.1. The van der Waals surface area contributed by atoms with E-state index in [0.29, 0.717) is 16.5 Å². The highest BCUT2D eigenvalue weighted by Gasteiger charge is 2.20. The zero-order chi connectivity index (χ0) is 18.2. The fourth-order valence-electron chi connectivity index (χ4n) is 3.16. The third-order valence-corrected chi connectivity index (χ3v) is 8.65. The summed E-state index contributed by atoms with van der Waals surface area (Å²) in [6, 6.07) is 2.60. The Morgan fingerprint density at radius 2 is 1.62 bits per heavy atom. The van der Waals surface area contributed by atoms with E-state index in [1.807, 2.05) is 0 Å². The van der Waals surface area contributed by atoms with Gasteiger partial charge < -0.3 is 4.43 Å². The van der Waals surface area contributed by atoms with Gasteiger partial charge in [0.2, 0.25) is 0 Å². The van der Waals surface area contributed by atoms with Gasteiger partial charge in [-0.05, 0) is 31.4 Å². The molecular formula is C20H42O2SSi. The molecule has 0 aliphatic heterocycles. The maximum atomic E-state index is 12.1. The van der Waals surface area contributed by atoms with Crippen molar-refractivity contribution in [3.63, 3.8) is 0 Å². The lowest BCUT2D eigenvalue weighted by atomic mass is 10.1. The topological polar surface area (TPSA) is 26.3 Å². The van der Waals surface area contributed by atoms with Gasteiger partial charge in [-0.2, -0.15) is 0 Å². The molecule has 2 atom stereocenters. The molecule has 24 heavy (non-hydrogen) atoms. The molecule has 0 fully saturated rings. The van der Waals surface area contributed by atoms with Gasteiger partial charge in [-0.25, -0.2) is 0 Å². The van der Waals surface area contributed by atoms with Crippen LogP contribution in [0.4, 0.5) is 0 Å². The van der Waals surface area contributed by atoms with Crippen molar-refractivity contribution in [2.45, 2.75) is 122 Å². The van der Waals surface area contributed by atoms with Gasteiger partial charge in [0.25, 0.3) is 0 Å². The van der Waals surface area contributed by atoms with Crippen LogP contribution in [-0.4, -0.2) is 25.5 Å². The molecule has 0 amide bonds. The van der Waals surface area contributed by atoms with E-state index in [4.69, 9.17) is 4.43 Å². The van der Waals surface area contributed by atoms with Crippen molar-refractivity contribution < 1.29 is 9.22 Å². The number of hydrogen-bond donors (Lipinski definition) is 0. The molecule has 0 N–H and O–H groups in total. The summed E-state index contributed by atoms with van der Waals surface area (Å²) in [4.78, 5) is 12.1. The van der Waals surface area contributed by atoms with E-state index in [2.05, 4.69) is 34.6 Å². The predicted octanol–water partition coefficient (Wildman–Crippen LogP) is 6.72. The minimum absolute atomic E-state index is 0.375. The molecular weight excluding hydrogens is 332 g/mol.